The number of halogens is 2. The molecule has 0 radical (unpaired) electrons. The van der Waals surface area contributed by atoms with E-state index >= 15 is 0 Å². The first kappa shape index (κ1) is 13.2. The molecule has 1 unspecified atom stereocenters. The van der Waals surface area contributed by atoms with Gasteiger partial charge in [0.2, 0.25) is 0 Å². The van der Waals surface area contributed by atoms with Crippen molar-refractivity contribution >= 4 is 15.9 Å². The molecule has 94 valence electrons. The first-order valence-corrected chi connectivity index (χ1v) is 6.49. The van der Waals surface area contributed by atoms with Crippen molar-refractivity contribution in [3.05, 3.63) is 68.9 Å². The van der Waals surface area contributed by atoms with Crippen LogP contribution in [0.3, 0.4) is 0 Å². The fourth-order valence-corrected chi connectivity index (χ4v) is 2.43. The number of hydrogen-bond donors (Lipinski definition) is 1. The third-order valence-corrected chi connectivity index (χ3v) is 3.81. The average molecular weight is 309 g/mol. The molecule has 0 fully saturated rings. The Morgan fingerprint density at radius 2 is 1.83 bits per heavy atom. The van der Waals surface area contributed by atoms with E-state index in [1.165, 1.54) is 6.07 Å². The molecule has 0 aromatic heterocycles. The zero-order valence-corrected chi connectivity index (χ0v) is 11.8. The van der Waals surface area contributed by atoms with Gasteiger partial charge in [0.15, 0.2) is 0 Å². The SMILES string of the molecule is Cc1ccc(C(O)c2c(F)cccc2Br)cc1C. The molecule has 2 aromatic rings. The van der Waals surface area contributed by atoms with Gasteiger partial charge in [0.25, 0.3) is 0 Å². The number of rotatable bonds is 2. The van der Waals surface area contributed by atoms with Crippen LogP contribution in [-0.4, -0.2) is 5.11 Å². The Balaban J connectivity index is 2.48. The summed E-state index contributed by atoms with van der Waals surface area (Å²) in [5, 5.41) is 10.3. The Labute approximate surface area is 114 Å². The van der Waals surface area contributed by atoms with Crippen LogP contribution >= 0.6 is 15.9 Å². The quantitative estimate of drug-likeness (QED) is 0.877. The van der Waals surface area contributed by atoms with Crippen LogP contribution in [0.15, 0.2) is 40.9 Å². The summed E-state index contributed by atoms with van der Waals surface area (Å²) in [7, 11) is 0. The van der Waals surface area contributed by atoms with E-state index in [2.05, 4.69) is 15.9 Å². The maximum absolute atomic E-state index is 13.8. The van der Waals surface area contributed by atoms with Gasteiger partial charge in [0.1, 0.15) is 11.9 Å². The summed E-state index contributed by atoms with van der Waals surface area (Å²) in [4.78, 5) is 0. The topological polar surface area (TPSA) is 20.2 Å². The predicted octanol–water partition coefficient (Wildman–Crippen LogP) is 4.29. The highest BCUT2D eigenvalue weighted by Gasteiger charge is 2.18. The van der Waals surface area contributed by atoms with E-state index in [1.54, 1.807) is 12.1 Å². The van der Waals surface area contributed by atoms with Crippen molar-refractivity contribution in [3.63, 3.8) is 0 Å². The zero-order chi connectivity index (χ0) is 13.3. The minimum atomic E-state index is -0.958. The summed E-state index contributed by atoms with van der Waals surface area (Å²) in [6.45, 7) is 3.98. The second-order valence-electron chi connectivity index (χ2n) is 4.38. The summed E-state index contributed by atoms with van der Waals surface area (Å²) in [6.07, 6.45) is -0.958. The molecule has 0 saturated carbocycles. The van der Waals surface area contributed by atoms with Gasteiger partial charge in [-0.1, -0.05) is 40.2 Å². The normalized spacial score (nSPS) is 12.5. The molecule has 0 aliphatic carbocycles. The predicted molar refractivity (Wildman–Crippen MR) is 74.1 cm³/mol. The van der Waals surface area contributed by atoms with E-state index in [4.69, 9.17) is 0 Å². The van der Waals surface area contributed by atoms with E-state index in [9.17, 15) is 9.50 Å². The molecule has 3 heteroatoms. The highest BCUT2D eigenvalue weighted by Crippen LogP contribution is 2.31. The van der Waals surface area contributed by atoms with Gasteiger partial charge >= 0.3 is 0 Å². The van der Waals surface area contributed by atoms with Gasteiger partial charge in [-0.2, -0.15) is 0 Å². The number of aryl methyl sites for hydroxylation is 2. The highest BCUT2D eigenvalue weighted by molar-refractivity contribution is 9.10. The maximum atomic E-state index is 13.8. The summed E-state index contributed by atoms with van der Waals surface area (Å²) < 4.78 is 14.4. The minimum Gasteiger partial charge on any atom is -0.384 e. The highest BCUT2D eigenvalue weighted by atomic mass is 79.9. The lowest BCUT2D eigenvalue weighted by Crippen LogP contribution is -2.04. The van der Waals surface area contributed by atoms with Crippen molar-refractivity contribution < 1.29 is 9.50 Å². The molecule has 1 atom stereocenters. The number of aliphatic hydroxyl groups is 1. The molecule has 1 N–H and O–H groups in total. The molecule has 2 rings (SSSR count). The smallest absolute Gasteiger partial charge is 0.130 e. The molecular weight excluding hydrogens is 295 g/mol. The standard InChI is InChI=1S/C15H14BrFO/c1-9-6-7-11(8-10(9)2)15(18)14-12(16)4-3-5-13(14)17/h3-8,15,18H,1-2H3. The Hall–Kier alpha value is -1.19. The molecule has 0 spiro atoms. The molecule has 0 saturated heterocycles. The second kappa shape index (κ2) is 5.21. The molecule has 1 nitrogen and oxygen atoms in total. The zero-order valence-electron chi connectivity index (χ0n) is 10.2. The number of benzene rings is 2. The Morgan fingerprint density at radius 3 is 2.44 bits per heavy atom. The van der Waals surface area contributed by atoms with Gasteiger partial charge in [-0.05, 0) is 42.7 Å². The van der Waals surface area contributed by atoms with Crippen molar-refractivity contribution in [2.45, 2.75) is 20.0 Å². The van der Waals surface area contributed by atoms with Crippen LogP contribution in [0.25, 0.3) is 0 Å². The third-order valence-electron chi connectivity index (χ3n) is 3.12. The Kier molecular flexibility index (Phi) is 3.83. The Morgan fingerprint density at radius 1 is 1.11 bits per heavy atom. The lowest BCUT2D eigenvalue weighted by atomic mass is 9.97. The van der Waals surface area contributed by atoms with Crippen molar-refractivity contribution in [3.8, 4) is 0 Å². The number of hydrogen-bond acceptors (Lipinski definition) is 1. The van der Waals surface area contributed by atoms with Crippen LogP contribution in [0.4, 0.5) is 4.39 Å². The van der Waals surface area contributed by atoms with Crippen molar-refractivity contribution in [2.24, 2.45) is 0 Å². The van der Waals surface area contributed by atoms with E-state index in [0.717, 1.165) is 11.1 Å². The lowest BCUT2D eigenvalue weighted by Gasteiger charge is -2.15. The van der Waals surface area contributed by atoms with Crippen LogP contribution in [-0.2, 0) is 0 Å². The van der Waals surface area contributed by atoms with Gasteiger partial charge in [0, 0.05) is 10.0 Å². The molecule has 0 aliphatic rings. The summed E-state index contributed by atoms with van der Waals surface area (Å²) in [6, 6.07) is 10.3. The van der Waals surface area contributed by atoms with Gasteiger partial charge in [0.05, 0.1) is 0 Å². The van der Waals surface area contributed by atoms with E-state index in [1.807, 2.05) is 32.0 Å². The van der Waals surface area contributed by atoms with E-state index < -0.39 is 11.9 Å². The van der Waals surface area contributed by atoms with Gasteiger partial charge in [-0.3, -0.25) is 0 Å². The fraction of sp³-hybridized carbons (Fsp3) is 0.200. The average Bonchev–Trinajstić information content (AvgIpc) is 2.32. The maximum Gasteiger partial charge on any atom is 0.130 e. The second-order valence-corrected chi connectivity index (χ2v) is 5.24. The molecule has 18 heavy (non-hydrogen) atoms. The Bertz CT molecular complexity index is 560. The minimum absolute atomic E-state index is 0.278. The first-order chi connectivity index (χ1) is 8.50. The lowest BCUT2D eigenvalue weighted by molar-refractivity contribution is 0.214. The monoisotopic (exact) mass is 308 g/mol. The summed E-state index contributed by atoms with van der Waals surface area (Å²) in [5.74, 6) is -0.407. The van der Waals surface area contributed by atoms with E-state index in [-0.39, 0.29) is 5.56 Å². The molecule has 0 heterocycles. The fourth-order valence-electron chi connectivity index (χ4n) is 1.87. The molecule has 0 aliphatic heterocycles. The van der Waals surface area contributed by atoms with Crippen molar-refractivity contribution in [1.82, 2.24) is 0 Å². The third kappa shape index (κ3) is 2.47. The van der Waals surface area contributed by atoms with Gasteiger partial charge in [-0.25, -0.2) is 4.39 Å². The van der Waals surface area contributed by atoms with Crippen LogP contribution < -0.4 is 0 Å². The van der Waals surface area contributed by atoms with Crippen LogP contribution in [0.5, 0.6) is 0 Å². The number of aliphatic hydroxyl groups excluding tert-OH is 1. The molecular formula is C15H14BrFO. The van der Waals surface area contributed by atoms with Crippen LogP contribution in [0, 0.1) is 19.7 Å². The van der Waals surface area contributed by atoms with Gasteiger partial charge < -0.3 is 5.11 Å². The molecule has 0 bridgehead atoms. The van der Waals surface area contributed by atoms with Crippen molar-refractivity contribution in [2.75, 3.05) is 0 Å². The van der Waals surface area contributed by atoms with Gasteiger partial charge in [-0.15, -0.1) is 0 Å². The van der Waals surface area contributed by atoms with E-state index in [0.29, 0.717) is 10.0 Å². The van der Waals surface area contributed by atoms with Crippen LogP contribution in [0.2, 0.25) is 0 Å². The van der Waals surface area contributed by atoms with Crippen LogP contribution in [0.1, 0.15) is 28.4 Å². The largest absolute Gasteiger partial charge is 0.384 e. The van der Waals surface area contributed by atoms with Crippen molar-refractivity contribution in [1.29, 1.82) is 0 Å². The molecule has 0 amide bonds. The summed E-state index contributed by atoms with van der Waals surface area (Å²) in [5.41, 5.74) is 3.21. The summed E-state index contributed by atoms with van der Waals surface area (Å²) >= 11 is 3.28. The first-order valence-electron chi connectivity index (χ1n) is 5.70. The molecule has 2 aromatic carbocycles.